The quantitative estimate of drug-likeness (QED) is 0.199. The Morgan fingerprint density at radius 3 is 2.59 bits per heavy atom. The average Bonchev–Trinajstić information content (AvgIpc) is 3.51. The van der Waals surface area contributed by atoms with Gasteiger partial charge >= 0.3 is 0 Å². The highest BCUT2D eigenvalue weighted by Gasteiger charge is 2.17. The Morgan fingerprint density at radius 2 is 1.79 bits per heavy atom. The Balaban J connectivity index is 1.44. The largest absolute Gasteiger partial charge is 0.481 e. The van der Waals surface area contributed by atoms with Gasteiger partial charge in [0.1, 0.15) is 17.9 Å². The summed E-state index contributed by atoms with van der Waals surface area (Å²) in [5.74, 6) is 3.98. The monoisotopic (exact) mass is 512 g/mol. The van der Waals surface area contributed by atoms with E-state index in [1.165, 1.54) is 4.68 Å². The summed E-state index contributed by atoms with van der Waals surface area (Å²) in [5.41, 5.74) is 4.86. The minimum atomic E-state index is -0.274. The summed E-state index contributed by atoms with van der Waals surface area (Å²) in [6, 6.07) is 26.6. The molecule has 190 valence electrons. The molecule has 0 saturated heterocycles. The molecule has 0 bridgehead atoms. The second kappa shape index (κ2) is 9.84. The first-order valence-electron chi connectivity index (χ1n) is 12.4. The van der Waals surface area contributed by atoms with E-state index in [-0.39, 0.29) is 12.2 Å². The Hall–Kier alpha value is -5.35. The maximum atomic E-state index is 13.6. The van der Waals surface area contributed by atoms with Crippen molar-refractivity contribution >= 4 is 28.1 Å². The molecule has 3 heterocycles. The lowest BCUT2D eigenvalue weighted by Crippen LogP contribution is -2.20. The molecular weight excluding hydrogens is 488 g/mol. The molecule has 0 saturated carbocycles. The fourth-order valence-electron chi connectivity index (χ4n) is 4.73. The van der Waals surface area contributed by atoms with Crippen molar-refractivity contribution in [2.45, 2.75) is 13.8 Å². The summed E-state index contributed by atoms with van der Waals surface area (Å²) in [7, 11) is 0. The van der Waals surface area contributed by atoms with E-state index in [9.17, 15) is 4.79 Å². The lowest BCUT2D eigenvalue weighted by Gasteiger charge is -2.11. The fourth-order valence-corrected chi connectivity index (χ4v) is 4.73. The SMILES string of the molecule is C#CCOc1ccc(-n2c(C)cc(C=Nn3c(-c4cc5ccccc5o4)nc4ccccc4c3=O)c2C)cc1. The predicted molar refractivity (Wildman–Crippen MR) is 154 cm³/mol. The normalized spacial score (nSPS) is 11.4. The van der Waals surface area contributed by atoms with Crippen molar-refractivity contribution in [2.75, 3.05) is 6.61 Å². The first kappa shape index (κ1) is 24.0. The molecule has 0 fully saturated rings. The zero-order chi connectivity index (χ0) is 26.9. The number of hydrogen-bond donors (Lipinski definition) is 0. The highest BCUT2D eigenvalue weighted by atomic mass is 16.5. The van der Waals surface area contributed by atoms with E-state index in [0.717, 1.165) is 28.0 Å². The van der Waals surface area contributed by atoms with Gasteiger partial charge in [-0.05, 0) is 68.4 Å². The van der Waals surface area contributed by atoms with Crippen LogP contribution in [0.25, 0.3) is 39.1 Å². The maximum Gasteiger partial charge on any atom is 0.282 e. The second-order valence-corrected chi connectivity index (χ2v) is 9.11. The van der Waals surface area contributed by atoms with Gasteiger partial charge in [0.15, 0.2) is 5.76 Å². The number of fused-ring (bicyclic) bond motifs is 2. The van der Waals surface area contributed by atoms with Crippen LogP contribution in [0.2, 0.25) is 0 Å². The zero-order valence-corrected chi connectivity index (χ0v) is 21.5. The van der Waals surface area contributed by atoms with Gasteiger partial charge in [0.2, 0.25) is 5.82 Å². The smallest absolute Gasteiger partial charge is 0.282 e. The van der Waals surface area contributed by atoms with Crippen LogP contribution in [0.5, 0.6) is 5.75 Å². The van der Waals surface area contributed by atoms with Gasteiger partial charge in [-0.15, -0.1) is 6.42 Å². The van der Waals surface area contributed by atoms with Crippen LogP contribution in [0.15, 0.2) is 99.2 Å². The third-order valence-electron chi connectivity index (χ3n) is 6.60. The molecule has 6 aromatic rings. The number of aryl methyl sites for hydroxylation is 1. The van der Waals surface area contributed by atoms with Gasteiger partial charge < -0.3 is 13.7 Å². The number of aromatic nitrogens is 3. The molecule has 6 rings (SSSR count). The molecule has 3 aromatic carbocycles. The summed E-state index contributed by atoms with van der Waals surface area (Å²) in [4.78, 5) is 18.3. The second-order valence-electron chi connectivity index (χ2n) is 9.11. The van der Waals surface area contributed by atoms with Crippen LogP contribution >= 0.6 is 0 Å². The van der Waals surface area contributed by atoms with Gasteiger partial charge in [0, 0.05) is 28.0 Å². The molecule has 0 aliphatic heterocycles. The first-order chi connectivity index (χ1) is 19.0. The summed E-state index contributed by atoms with van der Waals surface area (Å²) < 4.78 is 15.0. The van der Waals surface area contributed by atoms with Crippen molar-refractivity contribution in [2.24, 2.45) is 5.10 Å². The average molecular weight is 513 g/mol. The van der Waals surface area contributed by atoms with Crippen LogP contribution < -0.4 is 10.3 Å². The molecule has 0 aliphatic rings. The molecule has 0 N–H and O–H groups in total. The molecule has 0 aliphatic carbocycles. The van der Waals surface area contributed by atoms with E-state index in [4.69, 9.17) is 20.6 Å². The van der Waals surface area contributed by atoms with E-state index in [2.05, 4.69) is 15.6 Å². The van der Waals surface area contributed by atoms with E-state index in [1.807, 2.05) is 92.7 Å². The highest BCUT2D eigenvalue weighted by Crippen LogP contribution is 2.27. The van der Waals surface area contributed by atoms with Crippen molar-refractivity contribution in [1.29, 1.82) is 0 Å². The number of furan rings is 1. The first-order valence-corrected chi connectivity index (χ1v) is 12.4. The van der Waals surface area contributed by atoms with Crippen molar-refractivity contribution in [3.63, 3.8) is 0 Å². The van der Waals surface area contributed by atoms with E-state index in [1.54, 1.807) is 12.3 Å². The molecule has 7 heteroatoms. The number of nitrogens with zero attached hydrogens (tertiary/aromatic N) is 4. The fraction of sp³-hybridized carbons (Fsp3) is 0.0938. The van der Waals surface area contributed by atoms with Gasteiger partial charge in [-0.25, -0.2) is 4.98 Å². The molecule has 0 amide bonds. The van der Waals surface area contributed by atoms with E-state index in [0.29, 0.717) is 33.8 Å². The highest BCUT2D eigenvalue weighted by molar-refractivity contribution is 5.85. The molecule has 7 nitrogen and oxygen atoms in total. The van der Waals surface area contributed by atoms with Crippen molar-refractivity contribution in [1.82, 2.24) is 14.2 Å². The minimum Gasteiger partial charge on any atom is -0.481 e. The zero-order valence-electron chi connectivity index (χ0n) is 21.5. The van der Waals surface area contributed by atoms with Crippen LogP contribution in [-0.2, 0) is 0 Å². The molecule has 0 atom stereocenters. The Kier molecular flexibility index (Phi) is 6.06. The van der Waals surface area contributed by atoms with Gasteiger partial charge in [-0.1, -0.05) is 36.3 Å². The Bertz CT molecular complexity index is 1930. The number of para-hydroxylation sites is 2. The summed E-state index contributed by atoms with van der Waals surface area (Å²) >= 11 is 0. The number of rotatable bonds is 6. The number of hydrogen-bond acceptors (Lipinski definition) is 5. The van der Waals surface area contributed by atoms with Crippen LogP contribution in [0, 0.1) is 26.2 Å². The van der Waals surface area contributed by atoms with Crippen LogP contribution in [0.4, 0.5) is 0 Å². The van der Waals surface area contributed by atoms with Gasteiger partial charge in [0.05, 0.1) is 17.1 Å². The number of benzene rings is 3. The standard InChI is InChI=1S/C32H24N4O3/c1-4-17-38-26-15-13-25(14-16-26)35-21(2)18-24(22(35)3)20-33-36-31(30-19-23-9-5-8-12-29(23)39-30)34-28-11-7-6-10-27(28)32(36)37/h1,5-16,18-20H,17H2,2-3H3. The molecule has 0 spiro atoms. The number of terminal acetylenes is 1. The minimum absolute atomic E-state index is 0.223. The number of ether oxygens (including phenoxy) is 1. The molecule has 0 unspecified atom stereocenters. The topological polar surface area (TPSA) is 74.6 Å². The third kappa shape index (κ3) is 4.38. The Morgan fingerprint density at radius 1 is 1.03 bits per heavy atom. The molecule has 0 radical (unpaired) electrons. The van der Waals surface area contributed by atoms with Crippen molar-refractivity contribution in [3.8, 4) is 35.4 Å². The van der Waals surface area contributed by atoms with Crippen molar-refractivity contribution in [3.05, 3.63) is 112 Å². The predicted octanol–water partition coefficient (Wildman–Crippen LogP) is 6.11. The maximum absolute atomic E-state index is 13.6. The summed E-state index contributed by atoms with van der Waals surface area (Å²) in [6.45, 7) is 4.26. The van der Waals surface area contributed by atoms with E-state index < -0.39 is 0 Å². The van der Waals surface area contributed by atoms with Gasteiger partial charge in [-0.3, -0.25) is 4.79 Å². The molecule has 3 aromatic heterocycles. The van der Waals surface area contributed by atoms with Crippen LogP contribution in [0.3, 0.4) is 0 Å². The molecule has 39 heavy (non-hydrogen) atoms. The lowest BCUT2D eigenvalue weighted by atomic mass is 10.2. The van der Waals surface area contributed by atoms with Crippen LogP contribution in [0.1, 0.15) is 17.0 Å². The lowest BCUT2D eigenvalue weighted by molar-refractivity contribution is 0.370. The Labute approximate surface area is 224 Å². The van der Waals surface area contributed by atoms with Gasteiger partial charge in [-0.2, -0.15) is 9.78 Å². The van der Waals surface area contributed by atoms with E-state index >= 15 is 0 Å². The summed E-state index contributed by atoms with van der Waals surface area (Å²) in [6.07, 6.45) is 6.97. The molecular formula is C32H24N4O3. The third-order valence-corrected chi connectivity index (χ3v) is 6.60. The van der Waals surface area contributed by atoms with Gasteiger partial charge in [0.25, 0.3) is 5.56 Å². The van der Waals surface area contributed by atoms with Crippen LogP contribution in [-0.4, -0.2) is 27.0 Å². The summed E-state index contributed by atoms with van der Waals surface area (Å²) in [5, 5.41) is 6.03. The van der Waals surface area contributed by atoms with Crippen molar-refractivity contribution < 1.29 is 9.15 Å².